The molecule has 1 aromatic heterocycles. The zero-order valence-electron chi connectivity index (χ0n) is 13.9. The minimum Gasteiger partial charge on any atom is -0.489 e. The van der Waals surface area contributed by atoms with E-state index in [0.717, 1.165) is 6.42 Å². The number of nitrogens with one attached hydrogen (secondary N) is 1. The Kier molecular flexibility index (Phi) is 5.00. The minimum absolute atomic E-state index is 0.250. The van der Waals surface area contributed by atoms with Crippen LogP contribution in [-0.4, -0.2) is 23.2 Å². The molecule has 0 atom stereocenters. The van der Waals surface area contributed by atoms with Gasteiger partial charge in [0.2, 0.25) is 0 Å². The van der Waals surface area contributed by atoms with Gasteiger partial charge in [-0.25, -0.2) is 4.98 Å². The van der Waals surface area contributed by atoms with Gasteiger partial charge in [-0.15, -0.1) is 0 Å². The number of fused-ring (bicyclic) bond motifs is 2. The third kappa shape index (κ3) is 3.76. The summed E-state index contributed by atoms with van der Waals surface area (Å²) in [6.07, 6.45) is 2.44. The van der Waals surface area contributed by atoms with Crippen molar-refractivity contribution in [2.24, 2.45) is 0 Å². The molecule has 0 spiro atoms. The van der Waals surface area contributed by atoms with Gasteiger partial charge in [-0.05, 0) is 42.0 Å². The molecule has 3 aromatic rings. The molecular weight excluding hydrogens is 411 g/mol. The Morgan fingerprint density at radius 1 is 1.15 bits per heavy atom. The van der Waals surface area contributed by atoms with E-state index in [0.29, 0.717) is 51.2 Å². The monoisotopic (exact) mass is 422 g/mol. The molecule has 0 saturated heterocycles. The highest BCUT2D eigenvalue weighted by Crippen LogP contribution is 2.39. The van der Waals surface area contributed by atoms with Gasteiger partial charge in [0.25, 0.3) is 5.56 Å². The molecule has 0 radical (unpaired) electrons. The van der Waals surface area contributed by atoms with Crippen molar-refractivity contribution in [1.29, 1.82) is 0 Å². The molecule has 138 valence electrons. The van der Waals surface area contributed by atoms with Gasteiger partial charge in [0, 0.05) is 11.4 Å². The maximum absolute atomic E-state index is 12.3. The number of H-pyrrole nitrogens is 1. The first-order chi connectivity index (χ1) is 13.0. The quantitative estimate of drug-likeness (QED) is 0.621. The molecule has 1 N–H and O–H groups in total. The van der Waals surface area contributed by atoms with Crippen molar-refractivity contribution >= 4 is 56.8 Å². The average molecular weight is 424 g/mol. The topological polar surface area (TPSA) is 64.2 Å². The Balaban J connectivity index is 1.75. The van der Waals surface area contributed by atoms with E-state index < -0.39 is 0 Å². The minimum atomic E-state index is -0.319. The van der Waals surface area contributed by atoms with Crippen molar-refractivity contribution in [1.82, 2.24) is 9.97 Å². The maximum atomic E-state index is 12.3. The van der Waals surface area contributed by atoms with Crippen LogP contribution in [0.5, 0.6) is 11.5 Å². The fourth-order valence-electron chi connectivity index (χ4n) is 2.77. The third-order valence-electron chi connectivity index (χ3n) is 4.01. The number of benzene rings is 2. The molecule has 0 unspecified atom stereocenters. The summed E-state index contributed by atoms with van der Waals surface area (Å²) in [5.74, 6) is 1.33. The first kappa shape index (κ1) is 18.2. The second-order valence-electron chi connectivity index (χ2n) is 5.95. The van der Waals surface area contributed by atoms with Crippen LogP contribution in [-0.2, 0) is 0 Å². The highest BCUT2D eigenvalue weighted by molar-refractivity contribution is 6.50. The Hall–Kier alpha value is -2.21. The number of nitrogens with zero attached hydrogens (tertiary/aromatic N) is 1. The molecule has 0 fully saturated rings. The summed E-state index contributed by atoms with van der Waals surface area (Å²) < 4.78 is 11.3. The number of aromatic nitrogens is 2. The van der Waals surface area contributed by atoms with Crippen LogP contribution in [0.3, 0.4) is 0 Å². The van der Waals surface area contributed by atoms with Gasteiger partial charge in [-0.3, -0.25) is 4.79 Å². The molecule has 5 nitrogen and oxygen atoms in total. The standard InChI is InChI=1S/C19H13Cl3N2O3/c20-11-2-3-15-12(9-11)19(25)24-18(23-15)14(22)7-10-6-13(21)17-16(8-10)26-4-1-5-27-17/h2-3,6-9H,1,4-5H2,(H,23,24,25)/b14-7-. The van der Waals surface area contributed by atoms with Crippen molar-refractivity contribution in [3.8, 4) is 11.5 Å². The summed E-state index contributed by atoms with van der Waals surface area (Å²) in [6.45, 7) is 1.10. The van der Waals surface area contributed by atoms with E-state index in [-0.39, 0.29) is 16.4 Å². The normalized spacial score (nSPS) is 14.3. The van der Waals surface area contributed by atoms with Crippen molar-refractivity contribution in [2.45, 2.75) is 6.42 Å². The summed E-state index contributed by atoms with van der Waals surface area (Å²) in [5, 5.41) is 1.55. The Morgan fingerprint density at radius 2 is 1.96 bits per heavy atom. The number of ether oxygens (including phenoxy) is 2. The van der Waals surface area contributed by atoms with Crippen LogP contribution in [0, 0.1) is 0 Å². The zero-order chi connectivity index (χ0) is 19.0. The molecule has 0 amide bonds. The van der Waals surface area contributed by atoms with E-state index in [1.54, 1.807) is 36.4 Å². The molecule has 1 aliphatic rings. The highest BCUT2D eigenvalue weighted by atomic mass is 35.5. The van der Waals surface area contributed by atoms with Crippen LogP contribution in [0.1, 0.15) is 17.8 Å². The lowest BCUT2D eigenvalue weighted by atomic mass is 10.1. The van der Waals surface area contributed by atoms with Crippen molar-refractivity contribution in [3.63, 3.8) is 0 Å². The number of hydrogen-bond acceptors (Lipinski definition) is 4. The molecule has 0 bridgehead atoms. The average Bonchev–Trinajstić information content (AvgIpc) is 2.88. The number of hydrogen-bond donors (Lipinski definition) is 1. The molecular formula is C19H13Cl3N2O3. The molecule has 8 heteroatoms. The van der Waals surface area contributed by atoms with E-state index in [1.807, 2.05) is 0 Å². The largest absolute Gasteiger partial charge is 0.489 e. The predicted octanol–water partition coefficient (Wildman–Crippen LogP) is 5.13. The number of aromatic amines is 1. The maximum Gasteiger partial charge on any atom is 0.259 e. The number of halogens is 3. The summed E-state index contributed by atoms with van der Waals surface area (Å²) >= 11 is 18.6. The zero-order valence-corrected chi connectivity index (χ0v) is 16.2. The van der Waals surface area contributed by atoms with Crippen LogP contribution >= 0.6 is 34.8 Å². The Labute approximate surface area is 169 Å². The van der Waals surface area contributed by atoms with Gasteiger partial charge >= 0.3 is 0 Å². The van der Waals surface area contributed by atoms with Crippen LogP contribution in [0.15, 0.2) is 35.1 Å². The van der Waals surface area contributed by atoms with Crippen LogP contribution in [0.25, 0.3) is 22.0 Å². The van der Waals surface area contributed by atoms with E-state index in [2.05, 4.69) is 9.97 Å². The molecule has 2 aromatic carbocycles. The van der Waals surface area contributed by atoms with Crippen LogP contribution < -0.4 is 15.0 Å². The van der Waals surface area contributed by atoms with Crippen molar-refractivity contribution in [3.05, 3.63) is 62.1 Å². The third-order valence-corrected chi connectivity index (χ3v) is 4.82. The van der Waals surface area contributed by atoms with Gasteiger partial charge < -0.3 is 14.5 Å². The second-order valence-corrected chi connectivity index (χ2v) is 7.20. The van der Waals surface area contributed by atoms with Gasteiger partial charge in [0.05, 0.1) is 34.2 Å². The molecule has 27 heavy (non-hydrogen) atoms. The highest BCUT2D eigenvalue weighted by Gasteiger charge is 2.16. The van der Waals surface area contributed by atoms with E-state index in [1.165, 1.54) is 0 Å². The first-order valence-electron chi connectivity index (χ1n) is 8.17. The molecule has 2 heterocycles. The summed E-state index contributed by atoms with van der Waals surface area (Å²) in [7, 11) is 0. The Bertz CT molecular complexity index is 1130. The lowest BCUT2D eigenvalue weighted by Crippen LogP contribution is -2.10. The van der Waals surface area contributed by atoms with E-state index in [4.69, 9.17) is 44.3 Å². The van der Waals surface area contributed by atoms with E-state index >= 15 is 0 Å². The van der Waals surface area contributed by atoms with Crippen molar-refractivity contribution < 1.29 is 9.47 Å². The summed E-state index contributed by atoms with van der Waals surface area (Å²) in [5.41, 5.74) is 0.884. The SMILES string of the molecule is O=c1[nH]c(/C(Cl)=C/c2cc(Cl)c3c(c2)OCCCO3)nc2ccc(Cl)cc12. The smallest absolute Gasteiger partial charge is 0.259 e. The van der Waals surface area contributed by atoms with Gasteiger partial charge in [-0.1, -0.05) is 34.8 Å². The van der Waals surface area contributed by atoms with Gasteiger partial charge in [0.1, 0.15) is 0 Å². The van der Waals surface area contributed by atoms with Gasteiger partial charge in [0.15, 0.2) is 17.3 Å². The molecule has 4 rings (SSSR count). The molecule has 1 aliphatic heterocycles. The fourth-order valence-corrected chi connectivity index (χ4v) is 3.43. The lowest BCUT2D eigenvalue weighted by Gasteiger charge is -2.10. The van der Waals surface area contributed by atoms with Crippen LogP contribution in [0.2, 0.25) is 10.0 Å². The summed E-state index contributed by atoms with van der Waals surface area (Å²) in [4.78, 5) is 19.4. The first-order valence-corrected chi connectivity index (χ1v) is 9.31. The fraction of sp³-hybridized carbons (Fsp3) is 0.158. The molecule has 0 saturated carbocycles. The van der Waals surface area contributed by atoms with Gasteiger partial charge in [-0.2, -0.15) is 0 Å². The number of rotatable bonds is 2. The van der Waals surface area contributed by atoms with Crippen LogP contribution in [0.4, 0.5) is 0 Å². The van der Waals surface area contributed by atoms with E-state index in [9.17, 15) is 4.79 Å². The second kappa shape index (κ2) is 7.43. The summed E-state index contributed by atoms with van der Waals surface area (Å²) in [6, 6.07) is 8.41. The predicted molar refractivity (Wildman–Crippen MR) is 108 cm³/mol. The van der Waals surface area contributed by atoms with Crippen molar-refractivity contribution in [2.75, 3.05) is 13.2 Å². The lowest BCUT2D eigenvalue weighted by molar-refractivity contribution is 0.297. The Morgan fingerprint density at radius 3 is 2.81 bits per heavy atom. The molecule has 0 aliphatic carbocycles.